The SMILES string of the molecule is CN1CCC(Oc2ccc(N3C(=S)N(c4ccc(C#N)c(C(F)(F)F)c4)C(=O)C3(C)C)cc2)CC1.Cl. The summed E-state index contributed by atoms with van der Waals surface area (Å²) in [4.78, 5) is 18.3. The Morgan fingerprint density at radius 1 is 1.08 bits per heavy atom. The second-order valence-electron chi connectivity index (χ2n) is 9.27. The number of anilines is 2. The van der Waals surface area contributed by atoms with Crippen molar-refractivity contribution in [2.45, 2.75) is 44.5 Å². The van der Waals surface area contributed by atoms with Crippen LogP contribution in [0.1, 0.15) is 37.8 Å². The molecule has 11 heteroatoms. The van der Waals surface area contributed by atoms with E-state index in [9.17, 15) is 18.0 Å². The minimum Gasteiger partial charge on any atom is -0.490 e. The zero-order valence-electron chi connectivity index (χ0n) is 20.0. The molecule has 1 amide bonds. The molecule has 0 saturated carbocycles. The minimum atomic E-state index is -4.75. The molecule has 0 spiro atoms. The van der Waals surface area contributed by atoms with Gasteiger partial charge < -0.3 is 14.5 Å². The standard InChI is InChI=1S/C25H25F3N4O2S.ClH/c1-24(2)22(33)31(18-5-4-16(15-29)21(14-18)25(26,27)28)23(35)32(24)17-6-8-19(9-7-17)34-20-10-12-30(3)13-11-20;/h4-9,14,20H,10-13H2,1-3H3;1H. The lowest BCUT2D eigenvalue weighted by Crippen LogP contribution is -2.44. The number of carbonyl (C=O) groups excluding carboxylic acids is 1. The Morgan fingerprint density at radius 3 is 2.22 bits per heavy atom. The summed E-state index contributed by atoms with van der Waals surface area (Å²) in [6, 6.07) is 11.9. The molecule has 0 aliphatic carbocycles. The molecule has 0 atom stereocenters. The maximum absolute atomic E-state index is 13.5. The molecule has 2 fully saturated rings. The summed E-state index contributed by atoms with van der Waals surface area (Å²) in [5.41, 5.74) is -2.19. The first-order valence-corrected chi connectivity index (χ1v) is 11.6. The lowest BCUT2D eigenvalue weighted by atomic mass is 10.0. The third-order valence-corrected chi connectivity index (χ3v) is 6.78. The number of alkyl halides is 3. The van der Waals surface area contributed by atoms with Crippen molar-refractivity contribution in [2.24, 2.45) is 0 Å². The van der Waals surface area contributed by atoms with Gasteiger partial charge in [-0.25, -0.2) is 0 Å². The highest BCUT2D eigenvalue weighted by molar-refractivity contribution is 7.81. The van der Waals surface area contributed by atoms with Gasteiger partial charge in [-0.05, 0) is 88.4 Å². The zero-order valence-corrected chi connectivity index (χ0v) is 21.6. The molecule has 2 aliphatic rings. The number of rotatable bonds is 4. The first-order chi connectivity index (χ1) is 16.4. The van der Waals surface area contributed by atoms with Crippen LogP contribution in [0.4, 0.5) is 24.5 Å². The molecule has 0 aromatic heterocycles. The maximum atomic E-state index is 13.5. The molecule has 6 nitrogen and oxygen atoms in total. The number of nitrogens with zero attached hydrogens (tertiary/aromatic N) is 4. The van der Waals surface area contributed by atoms with E-state index >= 15 is 0 Å². The summed E-state index contributed by atoms with van der Waals surface area (Å²) in [6.07, 6.45) is -2.73. The Balaban J connectivity index is 0.00000361. The normalized spacial score (nSPS) is 18.7. The van der Waals surface area contributed by atoms with Crippen LogP contribution in [-0.2, 0) is 11.0 Å². The summed E-state index contributed by atoms with van der Waals surface area (Å²) in [5, 5.41) is 9.13. The van der Waals surface area contributed by atoms with Crippen LogP contribution in [0.5, 0.6) is 5.75 Å². The Morgan fingerprint density at radius 2 is 1.67 bits per heavy atom. The van der Waals surface area contributed by atoms with Crippen molar-refractivity contribution in [3.63, 3.8) is 0 Å². The summed E-state index contributed by atoms with van der Waals surface area (Å²) in [6.45, 7) is 5.28. The molecule has 2 aliphatic heterocycles. The fourth-order valence-electron chi connectivity index (χ4n) is 4.43. The third kappa shape index (κ3) is 5.14. The van der Waals surface area contributed by atoms with Crippen LogP contribution in [-0.4, -0.2) is 47.7 Å². The van der Waals surface area contributed by atoms with Gasteiger partial charge in [0.2, 0.25) is 0 Å². The smallest absolute Gasteiger partial charge is 0.417 e. The van der Waals surface area contributed by atoms with Crippen molar-refractivity contribution in [1.82, 2.24) is 4.90 Å². The Hall–Kier alpha value is -2.87. The van der Waals surface area contributed by atoms with E-state index in [1.54, 1.807) is 36.9 Å². The molecular formula is C25H26ClF3N4O2S. The molecule has 0 bridgehead atoms. The molecule has 2 heterocycles. The highest BCUT2D eigenvalue weighted by Crippen LogP contribution is 2.40. The number of halogens is 4. The van der Waals surface area contributed by atoms with Crippen molar-refractivity contribution in [3.8, 4) is 11.8 Å². The first-order valence-electron chi connectivity index (χ1n) is 11.2. The van der Waals surface area contributed by atoms with E-state index < -0.39 is 28.7 Å². The average molecular weight is 539 g/mol. The molecular weight excluding hydrogens is 513 g/mol. The van der Waals surface area contributed by atoms with E-state index in [1.807, 2.05) is 12.1 Å². The minimum absolute atomic E-state index is 0. The van der Waals surface area contributed by atoms with Crippen molar-refractivity contribution in [2.75, 3.05) is 29.9 Å². The van der Waals surface area contributed by atoms with Gasteiger partial charge in [0, 0.05) is 18.8 Å². The molecule has 2 aromatic carbocycles. The van der Waals surface area contributed by atoms with E-state index in [2.05, 4.69) is 11.9 Å². The van der Waals surface area contributed by atoms with E-state index in [0.29, 0.717) is 11.4 Å². The fraction of sp³-hybridized carbons (Fsp3) is 0.400. The second kappa shape index (κ2) is 10.2. The van der Waals surface area contributed by atoms with Gasteiger partial charge >= 0.3 is 6.18 Å². The Bertz CT molecular complexity index is 1190. The lowest BCUT2D eigenvalue weighted by molar-refractivity contribution is -0.137. The lowest BCUT2D eigenvalue weighted by Gasteiger charge is -2.31. The number of nitriles is 1. The van der Waals surface area contributed by atoms with Crippen LogP contribution in [0.3, 0.4) is 0 Å². The van der Waals surface area contributed by atoms with E-state index in [0.717, 1.165) is 43.0 Å². The van der Waals surface area contributed by atoms with E-state index in [1.165, 1.54) is 6.07 Å². The number of hydrogen-bond acceptors (Lipinski definition) is 5. The monoisotopic (exact) mass is 538 g/mol. The van der Waals surface area contributed by atoms with Crippen molar-refractivity contribution in [1.29, 1.82) is 5.26 Å². The molecule has 2 saturated heterocycles. The third-order valence-electron chi connectivity index (χ3n) is 6.42. The van der Waals surface area contributed by atoms with Crippen LogP contribution in [0.2, 0.25) is 0 Å². The molecule has 36 heavy (non-hydrogen) atoms. The topological polar surface area (TPSA) is 59.8 Å². The molecule has 2 aromatic rings. The Labute approximate surface area is 219 Å². The quantitative estimate of drug-likeness (QED) is 0.487. The van der Waals surface area contributed by atoms with Gasteiger partial charge in [-0.15, -0.1) is 12.4 Å². The number of amides is 1. The summed E-state index contributed by atoms with van der Waals surface area (Å²) >= 11 is 5.57. The van der Waals surface area contributed by atoms with Gasteiger partial charge in [0.25, 0.3) is 5.91 Å². The number of thiocarbonyl (C=S) groups is 1. The van der Waals surface area contributed by atoms with Gasteiger partial charge in [-0.2, -0.15) is 18.4 Å². The van der Waals surface area contributed by atoms with Gasteiger partial charge in [-0.1, -0.05) is 0 Å². The zero-order chi connectivity index (χ0) is 25.5. The average Bonchev–Trinajstić information content (AvgIpc) is 2.98. The first kappa shape index (κ1) is 27.7. The highest BCUT2D eigenvalue weighted by Gasteiger charge is 2.50. The number of carbonyl (C=O) groups is 1. The fourth-order valence-corrected chi connectivity index (χ4v) is 4.95. The van der Waals surface area contributed by atoms with Crippen LogP contribution < -0.4 is 14.5 Å². The number of piperidine rings is 1. The van der Waals surface area contributed by atoms with Crippen LogP contribution in [0.15, 0.2) is 42.5 Å². The van der Waals surface area contributed by atoms with Crippen molar-refractivity contribution in [3.05, 3.63) is 53.6 Å². The summed E-state index contributed by atoms with van der Waals surface area (Å²) in [7, 11) is 2.08. The number of likely N-dealkylation sites (tertiary alicyclic amines) is 1. The van der Waals surface area contributed by atoms with Crippen LogP contribution in [0.25, 0.3) is 0 Å². The summed E-state index contributed by atoms with van der Waals surface area (Å²) < 4.78 is 46.6. The molecule has 0 N–H and O–H groups in total. The number of hydrogen-bond donors (Lipinski definition) is 0. The van der Waals surface area contributed by atoms with Crippen molar-refractivity contribution < 1.29 is 22.7 Å². The molecule has 4 rings (SSSR count). The van der Waals surface area contributed by atoms with E-state index in [-0.39, 0.29) is 29.3 Å². The molecule has 0 unspecified atom stereocenters. The second-order valence-corrected chi connectivity index (χ2v) is 9.64. The van der Waals surface area contributed by atoms with Crippen molar-refractivity contribution >= 4 is 47.0 Å². The van der Waals surface area contributed by atoms with Crippen LogP contribution >= 0.6 is 24.6 Å². The highest BCUT2D eigenvalue weighted by atomic mass is 35.5. The number of benzene rings is 2. The number of ether oxygens (including phenoxy) is 1. The van der Waals surface area contributed by atoms with E-state index in [4.69, 9.17) is 22.2 Å². The predicted molar refractivity (Wildman–Crippen MR) is 138 cm³/mol. The van der Waals surface area contributed by atoms with Gasteiger partial charge in [0.1, 0.15) is 17.4 Å². The largest absolute Gasteiger partial charge is 0.490 e. The molecule has 192 valence electrons. The predicted octanol–water partition coefficient (Wildman–Crippen LogP) is 5.39. The van der Waals surface area contributed by atoms with Gasteiger partial charge in [-0.3, -0.25) is 9.69 Å². The maximum Gasteiger partial charge on any atom is 0.417 e. The van der Waals surface area contributed by atoms with Gasteiger partial charge in [0.15, 0.2) is 5.11 Å². The molecule has 0 radical (unpaired) electrons. The van der Waals surface area contributed by atoms with Crippen LogP contribution in [0, 0.1) is 11.3 Å². The summed E-state index contributed by atoms with van der Waals surface area (Å²) in [5.74, 6) is 0.239. The van der Waals surface area contributed by atoms with Gasteiger partial charge in [0.05, 0.1) is 22.9 Å². The Kier molecular flexibility index (Phi) is 7.89.